The molecule has 1 rings (SSSR count). The highest BCUT2D eigenvalue weighted by molar-refractivity contribution is 7.10. The molecule has 0 saturated heterocycles. The van der Waals surface area contributed by atoms with Gasteiger partial charge >= 0.3 is 0 Å². The molecular formula is C12H19NOS. The number of unbranched alkanes of at least 4 members (excludes halogenated alkanes) is 3. The van der Waals surface area contributed by atoms with Crippen molar-refractivity contribution in [3.8, 4) is 0 Å². The van der Waals surface area contributed by atoms with Gasteiger partial charge in [-0.15, -0.1) is 11.3 Å². The number of rotatable bonds is 7. The van der Waals surface area contributed by atoms with Crippen molar-refractivity contribution in [2.24, 2.45) is 5.73 Å². The average Bonchev–Trinajstić information content (AvgIpc) is 2.64. The van der Waals surface area contributed by atoms with E-state index in [0.717, 1.165) is 37.8 Å². The van der Waals surface area contributed by atoms with Crippen molar-refractivity contribution >= 4 is 17.1 Å². The summed E-state index contributed by atoms with van der Waals surface area (Å²) in [6.07, 6.45) is 5.01. The summed E-state index contributed by atoms with van der Waals surface area (Å²) in [7, 11) is 0. The molecule has 0 aliphatic rings. The zero-order chi connectivity index (χ0) is 11.1. The minimum absolute atomic E-state index is 0.284. The Morgan fingerprint density at radius 3 is 2.67 bits per heavy atom. The van der Waals surface area contributed by atoms with Crippen LogP contribution in [0.25, 0.3) is 0 Å². The second-order valence-electron chi connectivity index (χ2n) is 3.82. The molecule has 0 aromatic carbocycles. The molecule has 0 radical (unpaired) electrons. The van der Waals surface area contributed by atoms with E-state index in [4.69, 9.17) is 5.73 Å². The van der Waals surface area contributed by atoms with E-state index in [1.54, 1.807) is 11.3 Å². The van der Waals surface area contributed by atoms with Crippen molar-refractivity contribution in [2.75, 3.05) is 6.54 Å². The van der Waals surface area contributed by atoms with E-state index in [1.165, 1.54) is 4.88 Å². The Bertz CT molecular complexity index is 306. The number of aryl methyl sites for hydroxylation is 1. The fraction of sp³-hybridized carbons (Fsp3) is 0.583. The van der Waals surface area contributed by atoms with Crippen LogP contribution >= 0.6 is 11.3 Å². The fourth-order valence-electron chi connectivity index (χ4n) is 1.52. The van der Waals surface area contributed by atoms with Crippen LogP contribution < -0.4 is 5.73 Å². The monoisotopic (exact) mass is 225 g/mol. The molecule has 0 unspecified atom stereocenters. The molecular weight excluding hydrogens is 206 g/mol. The lowest BCUT2D eigenvalue weighted by atomic mass is 10.1. The van der Waals surface area contributed by atoms with Crippen LogP contribution in [0.1, 0.15) is 47.3 Å². The van der Waals surface area contributed by atoms with E-state index >= 15 is 0 Å². The molecule has 0 aliphatic carbocycles. The summed E-state index contributed by atoms with van der Waals surface area (Å²) in [5.74, 6) is 0.284. The predicted octanol–water partition coefficient (Wildman–Crippen LogP) is 3.15. The molecule has 0 saturated carbocycles. The molecule has 2 N–H and O–H groups in total. The third kappa shape index (κ3) is 4.58. The Kier molecular flexibility index (Phi) is 5.58. The largest absolute Gasteiger partial charge is 0.330 e. The molecule has 0 amide bonds. The first-order chi connectivity index (χ1) is 7.24. The molecule has 1 aromatic heterocycles. The van der Waals surface area contributed by atoms with Crippen LogP contribution in [-0.2, 0) is 0 Å². The maximum atomic E-state index is 11.7. The molecule has 1 heterocycles. The number of carbonyl (C=O) groups excluding carboxylic acids is 1. The van der Waals surface area contributed by atoms with Gasteiger partial charge in [0.25, 0.3) is 0 Å². The molecule has 0 fully saturated rings. The van der Waals surface area contributed by atoms with Gasteiger partial charge in [0, 0.05) is 22.2 Å². The smallest absolute Gasteiger partial charge is 0.163 e. The summed E-state index contributed by atoms with van der Waals surface area (Å²) in [5.41, 5.74) is 6.28. The Morgan fingerprint density at radius 1 is 1.33 bits per heavy atom. The highest BCUT2D eigenvalue weighted by Gasteiger charge is 2.06. The standard InChI is InChI=1S/C12H19NOS/c1-10-8-11(9-15-10)12(14)6-4-2-3-5-7-13/h8-9H,2-7,13H2,1H3. The van der Waals surface area contributed by atoms with E-state index in [-0.39, 0.29) is 5.78 Å². The first-order valence-corrected chi connectivity index (χ1v) is 6.40. The lowest BCUT2D eigenvalue weighted by Gasteiger charge is -1.98. The molecule has 0 atom stereocenters. The molecule has 0 bridgehead atoms. The van der Waals surface area contributed by atoms with Gasteiger partial charge in [-0.2, -0.15) is 0 Å². The van der Waals surface area contributed by atoms with E-state index in [2.05, 4.69) is 0 Å². The number of Topliss-reactive ketones (excluding diaryl/α,β-unsaturated/α-hetero) is 1. The number of thiophene rings is 1. The number of carbonyl (C=O) groups is 1. The molecule has 3 heteroatoms. The van der Waals surface area contributed by atoms with Gasteiger partial charge in [0.1, 0.15) is 0 Å². The van der Waals surface area contributed by atoms with Crippen molar-refractivity contribution in [3.63, 3.8) is 0 Å². The average molecular weight is 225 g/mol. The van der Waals surface area contributed by atoms with Crippen LogP contribution in [0.2, 0.25) is 0 Å². The Labute approximate surface area is 95.5 Å². The molecule has 0 spiro atoms. The van der Waals surface area contributed by atoms with Gasteiger partial charge in [0.2, 0.25) is 0 Å². The first kappa shape index (κ1) is 12.4. The zero-order valence-electron chi connectivity index (χ0n) is 9.29. The highest BCUT2D eigenvalue weighted by Crippen LogP contribution is 2.16. The minimum atomic E-state index is 0.284. The second kappa shape index (κ2) is 6.75. The quantitative estimate of drug-likeness (QED) is 0.572. The van der Waals surface area contributed by atoms with Crippen molar-refractivity contribution in [2.45, 2.75) is 39.0 Å². The number of ketones is 1. The van der Waals surface area contributed by atoms with Gasteiger partial charge < -0.3 is 5.73 Å². The highest BCUT2D eigenvalue weighted by atomic mass is 32.1. The SMILES string of the molecule is Cc1cc(C(=O)CCCCCCN)cs1. The number of hydrogen-bond donors (Lipinski definition) is 1. The second-order valence-corrected chi connectivity index (χ2v) is 4.94. The molecule has 0 aliphatic heterocycles. The van der Waals surface area contributed by atoms with Gasteiger partial charge in [-0.05, 0) is 32.4 Å². The van der Waals surface area contributed by atoms with E-state index in [1.807, 2.05) is 18.4 Å². The normalized spacial score (nSPS) is 10.5. The third-order valence-corrected chi connectivity index (χ3v) is 3.27. The van der Waals surface area contributed by atoms with Crippen LogP contribution in [0.15, 0.2) is 11.4 Å². The van der Waals surface area contributed by atoms with E-state index < -0.39 is 0 Å². The maximum Gasteiger partial charge on any atom is 0.163 e. The summed E-state index contributed by atoms with van der Waals surface area (Å²) in [4.78, 5) is 12.9. The Hall–Kier alpha value is -0.670. The van der Waals surface area contributed by atoms with Crippen LogP contribution in [0, 0.1) is 6.92 Å². The van der Waals surface area contributed by atoms with Crippen LogP contribution in [-0.4, -0.2) is 12.3 Å². The number of nitrogens with two attached hydrogens (primary N) is 1. The summed E-state index contributed by atoms with van der Waals surface area (Å²) < 4.78 is 0. The summed E-state index contributed by atoms with van der Waals surface area (Å²) in [6, 6.07) is 1.98. The minimum Gasteiger partial charge on any atom is -0.330 e. The molecule has 15 heavy (non-hydrogen) atoms. The van der Waals surface area contributed by atoms with Gasteiger partial charge in [0.05, 0.1) is 0 Å². The van der Waals surface area contributed by atoms with Gasteiger partial charge in [-0.3, -0.25) is 4.79 Å². The third-order valence-electron chi connectivity index (χ3n) is 2.41. The molecule has 2 nitrogen and oxygen atoms in total. The summed E-state index contributed by atoms with van der Waals surface area (Å²) in [5, 5.41) is 1.96. The summed E-state index contributed by atoms with van der Waals surface area (Å²) >= 11 is 1.64. The zero-order valence-corrected chi connectivity index (χ0v) is 10.1. The van der Waals surface area contributed by atoms with Gasteiger partial charge in [-0.25, -0.2) is 0 Å². The predicted molar refractivity (Wildman–Crippen MR) is 65.5 cm³/mol. The van der Waals surface area contributed by atoms with Crippen molar-refractivity contribution < 1.29 is 4.79 Å². The molecule has 1 aromatic rings. The van der Waals surface area contributed by atoms with Gasteiger partial charge in [-0.1, -0.05) is 12.8 Å². The maximum absolute atomic E-state index is 11.7. The van der Waals surface area contributed by atoms with E-state index in [9.17, 15) is 4.79 Å². The van der Waals surface area contributed by atoms with Crippen LogP contribution in [0.5, 0.6) is 0 Å². The van der Waals surface area contributed by atoms with Crippen molar-refractivity contribution in [1.29, 1.82) is 0 Å². The molecule has 84 valence electrons. The topological polar surface area (TPSA) is 43.1 Å². The van der Waals surface area contributed by atoms with Crippen LogP contribution in [0.3, 0.4) is 0 Å². The Morgan fingerprint density at radius 2 is 2.07 bits per heavy atom. The lowest BCUT2D eigenvalue weighted by molar-refractivity contribution is 0.0979. The fourth-order valence-corrected chi connectivity index (χ4v) is 2.22. The van der Waals surface area contributed by atoms with Gasteiger partial charge in [0.15, 0.2) is 5.78 Å². The number of hydrogen-bond acceptors (Lipinski definition) is 3. The van der Waals surface area contributed by atoms with Crippen molar-refractivity contribution in [1.82, 2.24) is 0 Å². The first-order valence-electron chi connectivity index (χ1n) is 5.52. The lowest BCUT2D eigenvalue weighted by Crippen LogP contribution is -1.99. The Balaban J connectivity index is 2.19. The summed E-state index contributed by atoms with van der Waals surface area (Å²) in [6.45, 7) is 2.79. The van der Waals surface area contributed by atoms with Crippen molar-refractivity contribution in [3.05, 3.63) is 21.9 Å². The van der Waals surface area contributed by atoms with Crippen LogP contribution in [0.4, 0.5) is 0 Å². The van der Waals surface area contributed by atoms with E-state index in [0.29, 0.717) is 6.42 Å².